The summed E-state index contributed by atoms with van der Waals surface area (Å²) in [4.78, 5) is 21.9. The first kappa shape index (κ1) is 15.4. The van der Waals surface area contributed by atoms with Gasteiger partial charge in [0.1, 0.15) is 5.75 Å². The lowest BCUT2D eigenvalue weighted by Crippen LogP contribution is -2.10. The summed E-state index contributed by atoms with van der Waals surface area (Å²) in [7, 11) is 1.39. The highest BCUT2D eigenvalue weighted by Crippen LogP contribution is 2.32. The number of methoxy groups -OCH3 is 1. The first-order valence-corrected chi connectivity index (χ1v) is 5.91. The molecular formula is C13H14N2O5. The van der Waals surface area contributed by atoms with Gasteiger partial charge < -0.3 is 9.47 Å². The van der Waals surface area contributed by atoms with Gasteiger partial charge in [0.2, 0.25) is 0 Å². The van der Waals surface area contributed by atoms with Crippen LogP contribution in [0.2, 0.25) is 0 Å². The Morgan fingerprint density at radius 1 is 1.55 bits per heavy atom. The van der Waals surface area contributed by atoms with Crippen molar-refractivity contribution in [1.82, 2.24) is 0 Å². The van der Waals surface area contributed by atoms with Crippen molar-refractivity contribution in [2.75, 3.05) is 13.7 Å². The van der Waals surface area contributed by atoms with Crippen molar-refractivity contribution in [3.63, 3.8) is 0 Å². The van der Waals surface area contributed by atoms with Crippen LogP contribution in [0.15, 0.2) is 18.2 Å². The van der Waals surface area contributed by atoms with Crippen molar-refractivity contribution in [1.29, 1.82) is 5.26 Å². The summed E-state index contributed by atoms with van der Waals surface area (Å²) >= 11 is 0. The first-order chi connectivity index (χ1) is 9.53. The fourth-order valence-electron chi connectivity index (χ4n) is 1.71. The maximum atomic E-state index is 11.4. The molecule has 7 heteroatoms. The molecule has 0 spiro atoms. The maximum absolute atomic E-state index is 11.4. The molecule has 0 saturated carbocycles. The van der Waals surface area contributed by atoms with Gasteiger partial charge in [-0.3, -0.25) is 14.9 Å². The lowest BCUT2D eigenvalue weighted by molar-refractivity contribution is -0.385. The van der Waals surface area contributed by atoms with E-state index in [1.165, 1.54) is 25.3 Å². The monoisotopic (exact) mass is 278 g/mol. The molecule has 0 saturated heterocycles. The fourth-order valence-corrected chi connectivity index (χ4v) is 1.71. The second-order valence-corrected chi connectivity index (χ2v) is 3.87. The molecule has 0 bridgehead atoms. The van der Waals surface area contributed by atoms with E-state index in [0.717, 1.165) is 0 Å². The van der Waals surface area contributed by atoms with E-state index in [0.29, 0.717) is 5.75 Å². The van der Waals surface area contributed by atoms with Gasteiger partial charge in [0, 0.05) is 5.56 Å². The van der Waals surface area contributed by atoms with Gasteiger partial charge in [-0.05, 0) is 19.1 Å². The molecular weight excluding hydrogens is 264 g/mol. The number of benzene rings is 1. The highest BCUT2D eigenvalue weighted by molar-refractivity contribution is 5.71. The summed E-state index contributed by atoms with van der Waals surface area (Å²) in [5.74, 6) is -1.18. The van der Waals surface area contributed by atoms with Crippen molar-refractivity contribution < 1.29 is 19.2 Å². The largest absolute Gasteiger partial charge is 0.497 e. The summed E-state index contributed by atoms with van der Waals surface area (Å²) in [6.07, 6.45) is -0.225. The van der Waals surface area contributed by atoms with Crippen LogP contribution in [0, 0.1) is 21.4 Å². The lowest BCUT2D eigenvalue weighted by Gasteiger charge is -2.10. The van der Waals surface area contributed by atoms with E-state index in [9.17, 15) is 14.9 Å². The molecule has 0 unspecified atom stereocenters. The molecule has 1 atom stereocenters. The molecule has 0 heterocycles. The average Bonchev–Trinajstić information content (AvgIpc) is 2.44. The molecule has 0 fully saturated rings. The number of esters is 1. The van der Waals surface area contributed by atoms with Crippen LogP contribution in [0.1, 0.15) is 24.8 Å². The molecule has 1 aromatic carbocycles. The minimum absolute atomic E-state index is 0.173. The third-order valence-electron chi connectivity index (χ3n) is 2.64. The molecule has 106 valence electrons. The maximum Gasteiger partial charge on any atom is 0.307 e. The summed E-state index contributed by atoms with van der Waals surface area (Å²) < 4.78 is 9.67. The Balaban J connectivity index is 3.12. The zero-order valence-electron chi connectivity index (χ0n) is 11.2. The van der Waals surface area contributed by atoms with E-state index >= 15 is 0 Å². The normalized spacial score (nSPS) is 11.2. The molecule has 0 aromatic heterocycles. The van der Waals surface area contributed by atoms with Crippen LogP contribution >= 0.6 is 0 Å². The molecule has 0 amide bonds. The fraction of sp³-hybridized carbons (Fsp3) is 0.385. The van der Waals surface area contributed by atoms with Gasteiger partial charge in [0.05, 0.1) is 43.1 Å². The number of nitriles is 1. The van der Waals surface area contributed by atoms with Gasteiger partial charge in [-0.1, -0.05) is 0 Å². The summed E-state index contributed by atoms with van der Waals surface area (Å²) in [5, 5.41) is 20.2. The third kappa shape index (κ3) is 3.68. The topological polar surface area (TPSA) is 102 Å². The molecule has 0 aliphatic heterocycles. The van der Waals surface area contributed by atoms with Crippen LogP contribution in [-0.2, 0) is 9.53 Å². The molecule has 20 heavy (non-hydrogen) atoms. The van der Waals surface area contributed by atoms with Gasteiger partial charge in [0.15, 0.2) is 0 Å². The van der Waals surface area contributed by atoms with E-state index in [2.05, 4.69) is 0 Å². The molecule has 7 nitrogen and oxygen atoms in total. The molecule has 1 aromatic rings. The number of rotatable bonds is 6. The number of nitrogens with zero attached hydrogens (tertiary/aromatic N) is 2. The zero-order chi connectivity index (χ0) is 15.1. The number of ether oxygens (including phenoxy) is 2. The quantitative estimate of drug-likeness (QED) is 0.449. The van der Waals surface area contributed by atoms with Crippen molar-refractivity contribution in [2.24, 2.45) is 0 Å². The lowest BCUT2D eigenvalue weighted by atomic mass is 9.95. The third-order valence-corrected chi connectivity index (χ3v) is 2.64. The number of nitro benzene ring substituents is 1. The second-order valence-electron chi connectivity index (χ2n) is 3.87. The van der Waals surface area contributed by atoms with Crippen molar-refractivity contribution in [3.05, 3.63) is 33.9 Å². The summed E-state index contributed by atoms with van der Waals surface area (Å²) in [5.41, 5.74) is -0.0773. The van der Waals surface area contributed by atoms with Gasteiger partial charge in [-0.2, -0.15) is 5.26 Å². The Hall–Kier alpha value is -2.62. The number of hydrogen-bond acceptors (Lipinski definition) is 6. The Morgan fingerprint density at radius 2 is 2.25 bits per heavy atom. The number of carbonyl (C=O) groups excluding carboxylic acids is 1. The van der Waals surface area contributed by atoms with Gasteiger partial charge >= 0.3 is 5.97 Å². The summed E-state index contributed by atoms with van der Waals surface area (Å²) in [6.45, 7) is 1.84. The Bertz CT molecular complexity index is 550. The molecule has 0 radical (unpaired) electrons. The molecule has 0 N–H and O–H groups in total. The van der Waals surface area contributed by atoms with Crippen LogP contribution < -0.4 is 4.74 Å². The first-order valence-electron chi connectivity index (χ1n) is 5.91. The van der Waals surface area contributed by atoms with E-state index in [4.69, 9.17) is 14.7 Å². The number of hydrogen-bond donors (Lipinski definition) is 0. The summed E-state index contributed by atoms with van der Waals surface area (Å²) in [6, 6.07) is 6.05. The van der Waals surface area contributed by atoms with E-state index < -0.39 is 16.8 Å². The predicted octanol–water partition coefficient (Wildman–Crippen LogP) is 2.16. The molecule has 0 aliphatic carbocycles. The van der Waals surface area contributed by atoms with Crippen LogP contribution in [0.25, 0.3) is 0 Å². The SMILES string of the molecule is CCOC(=O)C[C@H](C#N)c1ccc(OC)cc1[N+](=O)[O-]. The second kappa shape index (κ2) is 7.09. The Labute approximate surface area is 115 Å². The Morgan fingerprint density at radius 3 is 2.75 bits per heavy atom. The minimum Gasteiger partial charge on any atom is -0.497 e. The molecule has 0 aliphatic rings. The average molecular weight is 278 g/mol. The smallest absolute Gasteiger partial charge is 0.307 e. The van der Waals surface area contributed by atoms with Crippen LogP contribution in [-0.4, -0.2) is 24.6 Å². The van der Waals surface area contributed by atoms with E-state index in [1.54, 1.807) is 6.92 Å². The highest BCUT2D eigenvalue weighted by atomic mass is 16.6. The minimum atomic E-state index is -0.930. The van der Waals surface area contributed by atoms with Crippen molar-refractivity contribution >= 4 is 11.7 Å². The standard InChI is InChI=1S/C13H14N2O5/c1-3-20-13(16)6-9(8-14)11-5-4-10(19-2)7-12(11)15(17)18/h4-5,7,9H,3,6H2,1-2H3/t9-/m1/s1. The van der Waals surface area contributed by atoms with Gasteiger partial charge in [0.25, 0.3) is 5.69 Å². The Kier molecular flexibility index (Phi) is 5.47. The molecule has 1 rings (SSSR count). The van der Waals surface area contributed by atoms with Gasteiger partial charge in [-0.15, -0.1) is 0 Å². The van der Waals surface area contributed by atoms with Crippen LogP contribution in [0.5, 0.6) is 5.75 Å². The number of carbonyl (C=O) groups is 1. The van der Waals surface area contributed by atoms with E-state index in [1.807, 2.05) is 6.07 Å². The number of nitro groups is 1. The van der Waals surface area contributed by atoms with Gasteiger partial charge in [-0.25, -0.2) is 0 Å². The highest BCUT2D eigenvalue weighted by Gasteiger charge is 2.25. The van der Waals surface area contributed by atoms with E-state index in [-0.39, 0.29) is 24.3 Å². The van der Waals surface area contributed by atoms with Crippen molar-refractivity contribution in [2.45, 2.75) is 19.3 Å². The van der Waals surface area contributed by atoms with Crippen LogP contribution in [0.3, 0.4) is 0 Å². The van der Waals surface area contributed by atoms with Crippen LogP contribution in [0.4, 0.5) is 5.69 Å². The van der Waals surface area contributed by atoms with Crippen molar-refractivity contribution in [3.8, 4) is 11.8 Å². The zero-order valence-corrected chi connectivity index (χ0v) is 11.2. The predicted molar refractivity (Wildman–Crippen MR) is 69.3 cm³/mol.